The van der Waals surface area contributed by atoms with Gasteiger partial charge in [0.2, 0.25) is 0 Å². The molecule has 0 radical (unpaired) electrons. The molecule has 1 rings (SSSR count). The second-order valence-electron chi connectivity index (χ2n) is 5.22. The number of carbonyl (C=O) groups excluding carboxylic acids is 2. The highest BCUT2D eigenvalue weighted by molar-refractivity contribution is 5.98. The summed E-state index contributed by atoms with van der Waals surface area (Å²) in [5.41, 5.74) is 2.10. The Morgan fingerprint density at radius 2 is 1.68 bits per heavy atom. The fourth-order valence-corrected chi connectivity index (χ4v) is 2.31. The maximum absolute atomic E-state index is 12.1. The minimum Gasteiger partial charge on any atom is -0.462 e. The lowest BCUT2D eigenvalue weighted by Crippen LogP contribution is -2.31. The monoisotopic (exact) mass is 262 g/mol. The molecular weight excluding hydrogens is 240 g/mol. The SMILES string of the molecule is CC(=O)C(C(=O)OC(C)C)C(C)c1ccccc1C. The first-order chi connectivity index (χ1) is 8.84. The van der Waals surface area contributed by atoms with Gasteiger partial charge in [-0.2, -0.15) is 0 Å². The summed E-state index contributed by atoms with van der Waals surface area (Å²) in [6, 6.07) is 7.81. The van der Waals surface area contributed by atoms with Gasteiger partial charge in [0.15, 0.2) is 0 Å². The number of Topliss-reactive ketones (excluding diaryl/α,β-unsaturated/α-hetero) is 1. The van der Waals surface area contributed by atoms with E-state index in [1.54, 1.807) is 13.8 Å². The van der Waals surface area contributed by atoms with Gasteiger partial charge in [0.1, 0.15) is 11.7 Å². The van der Waals surface area contributed by atoms with Crippen LogP contribution in [0.15, 0.2) is 24.3 Å². The van der Waals surface area contributed by atoms with Crippen LogP contribution < -0.4 is 0 Å². The van der Waals surface area contributed by atoms with Crippen molar-refractivity contribution < 1.29 is 14.3 Å². The minimum atomic E-state index is -0.733. The first-order valence-electron chi connectivity index (χ1n) is 6.61. The number of ether oxygens (including phenoxy) is 1. The zero-order valence-corrected chi connectivity index (χ0v) is 12.3. The van der Waals surface area contributed by atoms with Crippen molar-refractivity contribution in [2.45, 2.75) is 46.6 Å². The van der Waals surface area contributed by atoms with Gasteiger partial charge in [-0.15, -0.1) is 0 Å². The molecule has 0 aromatic heterocycles. The summed E-state index contributed by atoms with van der Waals surface area (Å²) in [5.74, 6) is -1.49. The van der Waals surface area contributed by atoms with Crippen molar-refractivity contribution in [3.63, 3.8) is 0 Å². The topological polar surface area (TPSA) is 43.4 Å². The van der Waals surface area contributed by atoms with Gasteiger partial charge in [-0.1, -0.05) is 31.2 Å². The molecule has 1 aromatic carbocycles. The number of rotatable bonds is 5. The van der Waals surface area contributed by atoms with Crippen molar-refractivity contribution in [3.8, 4) is 0 Å². The third kappa shape index (κ3) is 3.91. The summed E-state index contributed by atoms with van der Waals surface area (Å²) in [6.45, 7) is 8.90. The number of ketones is 1. The molecule has 0 saturated heterocycles. The fraction of sp³-hybridized carbons (Fsp3) is 0.500. The van der Waals surface area contributed by atoms with Crippen LogP contribution >= 0.6 is 0 Å². The Morgan fingerprint density at radius 1 is 1.11 bits per heavy atom. The molecule has 0 spiro atoms. The van der Waals surface area contributed by atoms with Crippen LogP contribution in [-0.4, -0.2) is 17.9 Å². The van der Waals surface area contributed by atoms with Gasteiger partial charge >= 0.3 is 5.97 Å². The number of benzene rings is 1. The van der Waals surface area contributed by atoms with E-state index in [4.69, 9.17) is 4.74 Å². The van der Waals surface area contributed by atoms with Gasteiger partial charge in [0.05, 0.1) is 6.10 Å². The molecule has 3 nitrogen and oxygen atoms in total. The van der Waals surface area contributed by atoms with E-state index in [0.29, 0.717) is 0 Å². The standard InChI is InChI=1S/C16H22O3/c1-10(2)19-16(18)15(13(5)17)12(4)14-9-7-6-8-11(14)3/h6-10,12,15H,1-5H3. The molecule has 0 saturated carbocycles. The highest BCUT2D eigenvalue weighted by Crippen LogP contribution is 2.28. The molecular formula is C16H22O3. The summed E-state index contributed by atoms with van der Waals surface area (Å²) in [7, 11) is 0. The van der Waals surface area contributed by atoms with E-state index in [1.807, 2.05) is 38.1 Å². The van der Waals surface area contributed by atoms with Crippen molar-refractivity contribution in [1.82, 2.24) is 0 Å². The van der Waals surface area contributed by atoms with E-state index in [1.165, 1.54) is 6.92 Å². The Balaban J connectivity index is 3.03. The van der Waals surface area contributed by atoms with Gasteiger partial charge < -0.3 is 4.74 Å². The first-order valence-corrected chi connectivity index (χ1v) is 6.61. The lowest BCUT2D eigenvalue weighted by molar-refractivity contribution is -0.155. The normalized spacial score (nSPS) is 14.0. The molecule has 2 unspecified atom stereocenters. The zero-order chi connectivity index (χ0) is 14.6. The van der Waals surface area contributed by atoms with Crippen LogP contribution in [0.2, 0.25) is 0 Å². The van der Waals surface area contributed by atoms with E-state index >= 15 is 0 Å². The smallest absolute Gasteiger partial charge is 0.317 e. The van der Waals surface area contributed by atoms with Crippen molar-refractivity contribution in [2.24, 2.45) is 5.92 Å². The Labute approximate surface area is 115 Å². The molecule has 0 aliphatic carbocycles. The van der Waals surface area contributed by atoms with E-state index in [-0.39, 0.29) is 17.8 Å². The van der Waals surface area contributed by atoms with Gasteiger partial charge in [0.25, 0.3) is 0 Å². The second-order valence-corrected chi connectivity index (χ2v) is 5.22. The Morgan fingerprint density at radius 3 is 2.16 bits per heavy atom. The van der Waals surface area contributed by atoms with E-state index in [0.717, 1.165) is 11.1 Å². The molecule has 0 aliphatic heterocycles. The molecule has 0 amide bonds. The lowest BCUT2D eigenvalue weighted by atomic mass is 9.83. The molecule has 0 aliphatic rings. The Hall–Kier alpha value is -1.64. The highest BCUT2D eigenvalue weighted by atomic mass is 16.5. The Bertz CT molecular complexity index is 463. The van der Waals surface area contributed by atoms with Crippen LogP contribution in [0.25, 0.3) is 0 Å². The molecule has 0 fully saturated rings. The molecule has 2 atom stereocenters. The molecule has 1 aromatic rings. The fourth-order valence-electron chi connectivity index (χ4n) is 2.31. The molecule has 104 valence electrons. The zero-order valence-electron chi connectivity index (χ0n) is 12.3. The molecule has 0 N–H and O–H groups in total. The van der Waals surface area contributed by atoms with Crippen molar-refractivity contribution in [1.29, 1.82) is 0 Å². The summed E-state index contributed by atoms with van der Waals surface area (Å²) >= 11 is 0. The summed E-state index contributed by atoms with van der Waals surface area (Å²) in [4.78, 5) is 23.9. The number of hydrogen-bond acceptors (Lipinski definition) is 3. The van der Waals surface area contributed by atoms with E-state index in [2.05, 4.69) is 0 Å². The number of esters is 1. The van der Waals surface area contributed by atoms with E-state index < -0.39 is 11.9 Å². The number of carbonyl (C=O) groups is 2. The van der Waals surface area contributed by atoms with Crippen LogP contribution in [-0.2, 0) is 14.3 Å². The number of hydrogen-bond donors (Lipinski definition) is 0. The van der Waals surface area contributed by atoms with Crippen LogP contribution in [0.4, 0.5) is 0 Å². The summed E-state index contributed by atoms with van der Waals surface area (Å²) in [5, 5.41) is 0. The van der Waals surface area contributed by atoms with Crippen LogP contribution in [0.1, 0.15) is 44.7 Å². The average molecular weight is 262 g/mol. The van der Waals surface area contributed by atoms with Gasteiger partial charge in [-0.25, -0.2) is 0 Å². The van der Waals surface area contributed by atoms with Crippen molar-refractivity contribution in [3.05, 3.63) is 35.4 Å². The Kier molecular flexibility index (Phi) is 5.28. The second kappa shape index (κ2) is 6.50. The predicted molar refractivity (Wildman–Crippen MR) is 75.0 cm³/mol. The van der Waals surface area contributed by atoms with Crippen molar-refractivity contribution >= 4 is 11.8 Å². The van der Waals surface area contributed by atoms with Gasteiger partial charge in [-0.3, -0.25) is 9.59 Å². The quantitative estimate of drug-likeness (QED) is 0.604. The maximum Gasteiger partial charge on any atom is 0.317 e. The number of aryl methyl sites for hydroxylation is 1. The van der Waals surface area contributed by atoms with Gasteiger partial charge in [-0.05, 0) is 38.8 Å². The first kappa shape index (κ1) is 15.4. The van der Waals surface area contributed by atoms with Crippen LogP contribution in [0.3, 0.4) is 0 Å². The van der Waals surface area contributed by atoms with Crippen LogP contribution in [0, 0.1) is 12.8 Å². The molecule has 19 heavy (non-hydrogen) atoms. The van der Waals surface area contributed by atoms with Crippen molar-refractivity contribution in [2.75, 3.05) is 0 Å². The molecule has 3 heteroatoms. The van der Waals surface area contributed by atoms with Gasteiger partial charge in [0, 0.05) is 5.92 Å². The summed E-state index contributed by atoms with van der Waals surface area (Å²) in [6.07, 6.45) is -0.210. The van der Waals surface area contributed by atoms with Crippen LogP contribution in [0.5, 0.6) is 0 Å². The minimum absolute atomic E-state index is 0.151. The third-order valence-electron chi connectivity index (χ3n) is 3.22. The highest BCUT2D eigenvalue weighted by Gasteiger charge is 2.32. The summed E-state index contributed by atoms with van der Waals surface area (Å²) < 4.78 is 5.20. The maximum atomic E-state index is 12.1. The molecule has 0 bridgehead atoms. The molecule has 0 heterocycles. The lowest BCUT2D eigenvalue weighted by Gasteiger charge is -2.23. The third-order valence-corrected chi connectivity index (χ3v) is 3.22. The average Bonchev–Trinajstić information content (AvgIpc) is 2.27. The largest absolute Gasteiger partial charge is 0.462 e. The van der Waals surface area contributed by atoms with E-state index in [9.17, 15) is 9.59 Å². The predicted octanol–water partition coefficient (Wildman–Crippen LogP) is 3.26.